The molecule has 1 aromatic rings. The van der Waals surface area contributed by atoms with Gasteiger partial charge in [0.05, 0.1) is 4.91 Å². The van der Waals surface area contributed by atoms with Gasteiger partial charge in [-0.05, 0) is 30.5 Å². The van der Waals surface area contributed by atoms with Crippen LogP contribution in [-0.4, -0.2) is 29.9 Å². The first-order chi connectivity index (χ1) is 12.2. The average molecular weight is 360 g/mol. The summed E-state index contributed by atoms with van der Waals surface area (Å²) in [5, 5.41) is 6.25. The van der Waals surface area contributed by atoms with Gasteiger partial charge in [0.25, 0.3) is 5.91 Å². The van der Waals surface area contributed by atoms with Crippen LogP contribution in [0.5, 0.6) is 11.5 Å². The predicted octanol–water partition coefficient (Wildman–Crippen LogP) is 2.09. The number of carbonyl (C=O) groups excluding carboxylic acids is 2. The third kappa shape index (κ3) is 3.61. The van der Waals surface area contributed by atoms with E-state index in [4.69, 9.17) is 9.47 Å². The molecule has 1 saturated carbocycles. The summed E-state index contributed by atoms with van der Waals surface area (Å²) in [6.07, 6.45) is 5.89. The van der Waals surface area contributed by atoms with Gasteiger partial charge in [-0.1, -0.05) is 18.9 Å². The van der Waals surface area contributed by atoms with E-state index in [1.165, 1.54) is 12.5 Å². The molecular formula is C18H20N2O4S. The zero-order valence-electron chi connectivity index (χ0n) is 13.7. The maximum absolute atomic E-state index is 12.2. The van der Waals surface area contributed by atoms with Crippen LogP contribution in [0.3, 0.4) is 0 Å². The standard InChI is InChI=1S/C18H20N2O4S/c21-17(19-9-11-5-6-13-14(7-11)24-10-23-13)8-16-18(22)20-12-3-1-2-4-15(12)25-16/h5-8,12,15H,1-4,9-10H2,(H,19,21)(H,20,22)/b16-8-. The van der Waals surface area contributed by atoms with Gasteiger partial charge in [0, 0.05) is 23.9 Å². The first kappa shape index (κ1) is 16.3. The SMILES string of the molecule is O=C(/C=C1\SC2CCCCC2NC1=O)NCc1ccc2c(c1)OCO2. The molecule has 1 aliphatic carbocycles. The topological polar surface area (TPSA) is 76.7 Å². The molecule has 3 aliphatic rings. The van der Waals surface area contributed by atoms with Crippen molar-refractivity contribution in [2.45, 2.75) is 43.5 Å². The van der Waals surface area contributed by atoms with E-state index in [0.29, 0.717) is 22.4 Å². The Hall–Kier alpha value is -2.15. The summed E-state index contributed by atoms with van der Waals surface area (Å²) < 4.78 is 10.6. The lowest BCUT2D eigenvalue weighted by Crippen LogP contribution is -2.48. The van der Waals surface area contributed by atoms with Gasteiger partial charge in [0.1, 0.15) is 0 Å². The van der Waals surface area contributed by atoms with Crippen molar-refractivity contribution >= 4 is 23.6 Å². The van der Waals surface area contributed by atoms with Crippen LogP contribution in [-0.2, 0) is 16.1 Å². The minimum atomic E-state index is -0.260. The number of carbonyl (C=O) groups is 2. The van der Waals surface area contributed by atoms with Crippen LogP contribution < -0.4 is 20.1 Å². The van der Waals surface area contributed by atoms with Gasteiger partial charge in [-0.2, -0.15) is 0 Å². The van der Waals surface area contributed by atoms with Gasteiger partial charge in [-0.15, -0.1) is 11.8 Å². The molecule has 0 spiro atoms. The number of amides is 2. The first-order valence-electron chi connectivity index (χ1n) is 8.54. The minimum absolute atomic E-state index is 0.133. The summed E-state index contributed by atoms with van der Waals surface area (Å²) in [7, 11) is 0. The van der Waals surface area contributed by atoms with Crippen molar-refractivity contribution in [1.82, 2.24) is 10.6 Å². The van der Waals surface area contributed by atoms with Gasteiger partial charge in [0.15, 0.2) is 11.5 Å². The van der Waals surface area contributed by atoms with E-state index >= 15 is 0 Å². The van der Waals surface area contributed by atoms with Crippen molar-refractivity contribution in [1.29, 1.82) is 0 Å². The Balaban J connectivity index is 1.36. The Labute approximate surface area is 150 Å². The van der Waals surface area contributed by atoms with E-state index in [2.05, 4.69) is 10.6 Å². The highest BCUT2D eigenvalue weighted by Gasteiger charge is 2.34. The van der Waals surface area contributed by atoms with Crippen molar-refractivity contribution in [3.8, 4) is 11.5 Å². The number of hydrogen-bond acceptors (Lipinski definition) is 5. The van der Waals surface area contributed by atoms with E-state index in [-0.39, 0.29) is 24.6 Å². The van der Waals surface area contributed by atoms with Gasteiger partial charge < -0.3 is 20.1 Å². The van der Waals surface area contributed by atoms with Crippen LogP contribution in [0.4, 0.5) is 0 Å². The number of nitrogens with one attached hydrogen (secondary N) is 2. The molecular weight excluding hydrogens is 340 g/mol. The fourth-order valence-corrected chi connectivity index (χ4v) is 4.69. The third-order valence-corrected chi connectivity index (χ3v) is 6.11. The molecule has 1 aromatic carbocycles. The molecule has 2 heterocycles. The number of fused-ring (bicyclic) bond motifs is 2. The number of benzene rings is 1. The van der Waals surface area contributed by atoms with E-state index in [0.717, 1.165) is 30.6 Å². The highest BCUT2D eigenvalue weighted by atomic mass is 32.2. The molecule has 4 rings (SSSR count). The molecule has 0 aromatic heterocycles. The fraction of sp³-hybridized carbons (Fsp3) is 0.444. The largest absolute Gasteiger partial charge is 0.454 e. The summed E-state index contributed by atoms with van der Waals surface area (Å²) >= 11 is 1.54. The van der Waals surface area contributed by atoms with Crippen LogP contribution in [0.15, 0.2) is 29.2 Å². The molecule has 0 bridgehead atoms. The van der Waals surface area contributed by atoms with Crippen LogP contribution in [0.2, 0.25) is 0 Å². The Kier molecular flexibility index (Phi) is 4.57. The van der Waals surface area contributed by atoms with E-state index in [1.54, 1.807) is 11.8 Å². The average Bonchev–Trinajstić information content (AvgIpc) is 3.08. The summed E-state index contributed by atoms with van der Waals surface area (Å²) in [6, 6.07) is 5.82. The van der Waals surface area contributed by atoms with Crippen molar-refractivity contribution in [3.63, 3.8) is 0 Å². The number of hydrogen-bond donors (Lipinski definition) is 2. The molecule has 2 amide bonds. The van der Waals surface area contributed by atoms with Crippen LogP contribution in [0.25, 0.3) is 0 Å². The number of ether oxygens (including phenoxy) is 2. The fourth-order valence-electron chi connectivity index (χ4n) is 3.37. The second-order valence-electron chi connectivity index (χ2n) is 6.43. The van der Waals surface area contributed by atoms with Crippen molar-refractivity contribution in [3.05, 3.63) is 34.7 Å². The zero-order chi connectivity index (χ0) is 17.2. The Morgan fingerprint density at radius 3 is 3.04 bits per heavy atom. The quantitative estimate of drug-likeness (QED) is 0.807. The highest BCUT2D eigenvalue weighted by molar-refractivity contribution is 8.04. The molecule has 0 radical (unpaired) electrons. The minimum Gasteiger partial charge on any atom is -0.454 e. The van der Waals surface area contributed by atoms with Gasteiger partial charge in [-0.25, -0.2) is 0 Å². The molecule has 6 nitrogen and oxygen atoms in total. The summed E-state index contributed by atoms with van der Waals surface area (Å²) in [5.74, 6) is 1.01. The summed E-state index contributed by atoms with van der Waals surface area (Å²) in [5.41, 5.74) is 0.920. The monoisotopic (exact) mass is 360 g/mol. The Bertz CT molecular complexity index is 734. The van der Waals surface area contributed by atoms with Crippen LogP contribution >= 0.6 is 11.8 Å². The highest BCUT2D eigenvalue weighted by Crippen LogP contribution is 2.37. The van der Waals surface area contributed by atoms with Crippen molar-refractivity contribution < 1.29 is 19.1 Å². The lowest BCUT2D eigenvalue weighted by molar-refractivity contribution is -0.119. The molecule has 2 fully saturated rings. The van der Waals surface area contributed by atoms with Crippen molar-refractivity contribution in [2.75, 3.05) is 6.79 Å². The van der Waals surface area contributed by atoms with Crippen molar-refractivity contribution in [2.24, 2.45) is 0 Å². The Morgan fingerprint density at radius 2 is 2.12 bits per heavy atom. The van der Waals surface area contributed by atoms with Gasteiger partial charge in [0.2, 0.25) is 12.7 Å². The number of rotatable bonds is 3. The van der Waals surface area contributed by atoms with E-state index < -0.39 is 0 Å². The van der Waals surface area contributed by atoms with Crippen LogP contribution in [0, 0.1) is 0 Å². The predicted molar refractivity (Wildman–Crippen MR) is 94.3 cm³/mol. The molecule has 7 heteroatoms. The summed E-state index contributed by atoms with van der Waals surface area (Å²) in [4.78, 5) is 24.9. The lowest BCUT2D eigenvalue weighted by Gasteiger charge is -2.36. The van der Waals surface area contributed by atoms with E-state index in [1.807, 2.05) is 18.2 Å². The maximum Gasteiger partial charge on any atom is 0.258 e. The third-order valence-electron chi connectivity index (χ3n) is 4.69. The molecule has 25 heavy (non-hydrogen) atoms. The second kappa shape index (κ2) is 7.00. The first-order valence-corrected chi connectivity index (χ1v) is 9.42. The Morgan fingerprint density at radius 1 is 1.28 bits per heavy atom. The molecule has 132 valence electrons. The zero-order valence-corrected chi connectivity index (χ0v) is 14.6. The van der Waals surface area contributed by atoms with Gasteiger partial charge >= 0.3 is 0 Å². The smallest absolute Gasteiger partial charge is 0.258 e. The normalized spacial score (nSPS) is 26.1. The maximum atomic E-state index is 12.2. The lowest BCUT2D eigenvalue weighted by atomic mass is 9.94. The molecule has 2 unspecified atom stereocenters. The molecule has 2 N–H and O–H groups in total. The second-order valence-corrected chi connectivity index (χ2v) is 7.72. The summed E-state index contributed by atoms with van der Waals surface area (Å²) in [6.45, 7) is 0.601. The van der Waals surface area contributed by atoms with E-state index in [9.17, 15) is 9.59 Å². The van der Waals surface area contributed by atoms with Crippen LogP contribution in [0.1, 0.15) is 31.2 Å². The molecule has 2 atom stereocenters. The molecule has 2 aliphatic heterocycles. The molecule has 1 saturated heterocycles. The number of thioether (sulfide) groups is 1. The van der Waals surface area contributed by atoms with Gasteiger partial charge in [-0.3, -0.25) is 9.59 Å².